The lowest BCUT2D eigenvalue weighted by atomic mass is 10.2. The molecule has 0 fully saturated rings. The summed E-state index contributed by atoms with van der Waals surface area (Å²) in [6.07, 6.45) is 3.33. The predicted octanol–water partition coefficient (Wildman–Crippen LogP) is 3.42. The minimum Gasteiger partial charge on any atom is -0.450 e. The first-order chi connectivity index (χ1) is 9.61. The summed E-state index contributed by atoms with van der Waals surface area (Å²) >= 11 is 3.34. The van der Waals surface area contributed by atoms with Gasteiger partial charge in [0.05, 0.1) is 6.61 Å². The van der Waals surface area contributed by atoms with E-state index >= 15 is 0 Å². The first-order valence-corrected chi connectivity index (χ1v) is 7.67. The molecule has 1 unspecified atom stereocenters. The first-order valence-electron chi connectivity index (χ1n) is 6.88. The van der Waals surface area contributed by atoms with Gasteiger partial charge in [0.2, 0.25) is 0 Å². The number of ether oxygens (including phenoxy) is 1. The van der Waals surface area contributed by atoms with E-state index in [4.69, 9.17) is 4.74 Å². The van der Waals surface area contributed by atoms with Crippen molar-refractivity contribution < 1.29 is 9.53 Å². The maximum Gasteiger partial charge on any atom is 0.407 e. The van der Waals surface area contributed by atoms with Gasteiger partial charge in [-0.3, -0.25) is 0 Å². The molecule has 6 heteroatoms. The zero-order valence-corrected chi connectivity index (χ0v) is 13.6. The summed E-state index contributed by atoms with van der Waals surface area (Å²) < 4.78 is 5.97. The number of carbonyl (C=O) groups is 1. The zero-order valence-electron chi connectivity index (χ0n) is 12.0. The number of nitrogens with zero attached hydrogens (tertiary/aromatic N) is 1. The quantitative estimate of drug-likeness (QED) is 0.710. The van der Waals surface area contributed by atoms with Gasteiger partial charge in [-0.25, -0.2) is 9.78 Å². The number of nitrogens with one attached hydrogen (secondary N) is 2. The van der Waals surface area contributed by atoms with Gasteiger partial charge in [0.25, 0.3) is 0 Å². The summed E-state index contributed by atoms with van der Waals surface area (Å²) in [5.41, 5.74) is 0. The lowest BCUT2D eigenvalue weighted by molar-refractivity contribution is 0.143. The van der Waals surface area contributed by atoms with E-state index in [0.717, 1.165) is 29.7 Å². The van der Waals surface area contributed by atoms with Gasteiger partial charge in [0.1, 0.15) is 5.82 Å². The van der Waals surface area contributed by atoms with Crippen LogP contribution in [0.1, 0.15) is 26.7 Å². The molecule has 1 aromatic heterocycles. The van der Waals surface area contributed by atoms with Crippen molar-refractivity contribution in [2.45, 2.75) is 26.7 Å². The van der Waals surface area contributed by atoms with Gasteiger partial charge in [-0.05, 0) is 40.4 Å². The van der Waals surface area contributed by atoms with Crippen LogP contribution in [-0.2, 0) is 4.74 Å². The number of alkyl carbamates (subject to hydrolysis) is 1. The third kappa shape index (κ3) is 7.33. The molecule has 112 valence electrons. The highest BCUT2D eigenvalue weighted by molar-refractivity contribution is 9.10. The first kappa shape index (κ1) is 16.8. The van der Waals surface area contributed by atoms with E-state index < -0.39 is 0 Å². The minimum absolute atomic E-state index is 0.291. The number of hydrogen-bond acceptors (Lipinski definition) is 4. The van der Waals surface area contributed by atoms with Crippen LogP contribution in [-0.4, -0.2) is 30.8 Å². The average Bonchev–Trinajstić information content (AvgIpc) is 2.45. The summed E-state index contributed by atoms with van der Waals surface area (Å²) in [6, 6.07) is 3.84. The molecule has 1 rings (SSSR count). The van der Waals surface area contributed by atoms with Gasteiger partial charge in [0, 0.05) is 23.8 Å². The minimum atomic E-state index is -0.341. The topological polar surface area (TPSA) is 63.2 Å². The molecule has 0 aromatic carbocycles. The van der Waals surface area contributed by atoms with E-state index in [1.54, 1.807) is 6.20 Å². The molecule has 1 amide bonds. The standard InChI is InChI=1S/C14H22BrN3O2/c1-3-4-7-20-14(19)18-9-11(2)8-16-13-6-5-12(15)10-17-13/h5-6,10-11H,3-4,7-9H2,1-2H3,(H,16,17)(H,18,19). The monoisotopic (exact) mass is 343 g/mol. The Labute approximate surface area is 128 Å². The second kappa shape index (κ2) is 9.58. The van der Waals surface area contributed by atoms with Crippen LogP contribution in [0.25, 0.3) is 0 Å². The third-order valence-electron chi connectivity index (χ3n) is 2.68. The molecular weight excluding hydrogens is 322 g/mol. The predicted molar refractivity (Wildman–Crippen MR) is 83.8 cm³/mol. The van der Waals surface area contributed by atoms with Crippen LogP contribution in [0.5, 0.6) is 0 Å². The normalized spacial score (nSPS) is 11.8. The summed E-state index contributed by atoms with van der Waals surface area (Å²) in [6.45, 7) is 5.92. The molecule has 2 N–H and O–H groups in total. The van der Waals surface area contributed by atoms with E-state index in [0.29, 0.717) is 19.1 Å². The second-order valence-corrected chi connectivity index (χ2v) is 5.63. The van der Waals surface area contributed by atoms with E-state index in [2.05, 4.69) is 45.4 Å². The Hall–Kier alpha value is -1.30. The van der Waals surface area contributed by atoms with Gasteiger partial charge in [-0.1, -0.05) is 20.3 Å². The smallest absolute Gasteiger partial charge is 0.407 e. The SMILES string of the molecule is CCCCOC(=O)NCC(C)CNc1ccc(Br)cn1. The van der Waals surface area contributed by atoms with Crippen LogP contribution >= 0.6 is 15.9 Å². The summed E-state index contributed by atoms with van der Waals surface area (Å²) in [5.74, 6) is 1.12. The molecule has 0 saturated heterocycles. The molecule has 0 bridgehead atoms. The number of aromatic nitrogens is 1. The van der Waals surface area contributed by atoms with Crippen molar-refractivity contribution in [2.75, 3.05) is 25.0 Å². The Balaban J connectivity index is 2.15. The molecular formula is C14H22BrN3O2. The maximum atomic E-state index is 11.4. The Morgan fingerprint density at radius 3 is 2.90 bits per heavy atom. The van der Waals surface area contributed by atoms with Crippen molar-refractivity contribution in [1.82, 2.24) is 10.3 Å². The fourth-order valence-corrected chi connectivity index (χ4v) is 1.68. The number of halogens is 1. The van der Waals surface area contributed by atoms with Gasteiger partial charge < -0.3 is 15.4 Å². The number of unbranched alkanes of at least 4 members (excludes halogenated alkanes) is 1. The number of hydrogen-bond donors (Lipinski definition) is 2. The van der Waals surface area contributed by atoms with Crippen LogP contribution in [0.4, 0.5) is 10.6 Å². The molecule has 0 spiro atoms. The van der Waals surface area contributed by atoms with Crippen LogP contribution in [0.3, 0.4) is 0 Å². The Morgan fingerprint density at radius 2 is 2.25 bits per heavy atom. The Morgan fingerprint density at radius 1 is 1.45 bits per heavy atom. The average molecular weight is 344 g/mol. The highest BCUT2D eigenvalue weighted by Gasteiger charge is 2.06. The number of anilines is 1. The maximum absolute atomic E-state index is 11.4. The van der Waals surface area contributed by atoms with E-state index in [9.17, 15) is 4.79 Å². The van der Waals surface area contributed by atoms with Crippen LogP contribution in [0.2, 0.25) is 0 Å². The van der Waals surface area contributed by atoms with E-state index in [-0.39, 0.29) is 6.09 Å². The van der Waals surface area contributed by atoms with Crippen LogP contribution < -0.4 is 10.6 Å². The highest BCUT2D eigenvalue weighted by Crippen LogP contribution is 2.10. The van der Waals surface area contributed by atoms with Gasteiger partial charge >= 0.3 is 6.09 Å². The van der Waals surface area contributed by atoms with Crippen LogP contribution in [0, 0.1) is 5.92 Å². The largest absolute Gasteiger partial charge is 0.450 e. The van der Waals surface area contributed by atoms with Gasteiger partial charge in [-0.2, -0.15) is 0 Å². The van der Waals surface area contributed by atoms with Crippen molar-refractivity contribution in [3.8, 4) is 0 Å². The number of pyridine rings is 1. The summed E-state index contributed by atoms with van der Waals surface area (Å²) in [5, 5.41) is 5.98. The molecule has 0 radical (unpaired) electrons. The summed E-state index contributed by atoms with van der Waals surface area (Å²) in [7, 11) is 0. The molecule has 1 atom stereocenters. The Bertz CT molecular complexity index is 398. The van der Waals surface area contributed by atoms with Crippen molar-refractivity contribution in [3.05, 3.63) is 22.8 Å². The third-order valence-corrected chi connectivity index (χ3v) is 3.15. The van der Waals surface area contributed by atoms with Gasteiger partial charge in [0.15, 0.2) is 0 Å². The van der Waals surface area contributed by atoms with Crippen molar-refractivity contribution in [1.29, 1.82) is 0 Å². The van der Waals surface area contributed by atoms with E-state index in [1.165, 1.54) is 0 Å². The molecule has 0 aliphatic carbocycles. The van der Waals surface area contributed by atoms with E-state index in [1.807, 2.05) is 12.1 Å². The lowest BCUT2D eigenvalue weighted by Crippen LogP contribution is -2.31. The number of carbonyl (C=O) groups excluding carboxylic acids is 1. The molecule has 1 aromatic rings. The molecule has 20 heavy (non-hydrogen) atoms. The number of amides is 1. The van der Waals surface area contributed by atoms with Crippen molar-refractivity contribution in [3.63, 3.8) is 0 Å². The lowest BCUT2D eigenvalue weighted by Gasteiger charge is -2.14. The number of rotatable bonds is 8. The molecule has 1 heterocycles. The molecule has 5 nitrogen and oxygen atoms in total. The Kier molecular flexibility index (Phi) is 8.02. The second-order valence-electron chi connectivity index (χ2n) is 4.72. The fourth-order valence-electron chi connectivity index (χ4n) is 1.45. The highest BCUT2D eigenvalue weighted by atomic mass is 79.9. The van der Waals surface area contributed by atoms with Crippen molar-refractivity contribution >= 4 is 27.8 Å². The fraction of sp³-hybridized carbons (Fsp3) is 0.571. The zero-order chi connectivity index (χ0) is 14.8. The summed E-state index contributed by atoms with van der Waals surface area (Å²) in [4.78, 5) is 15.6. The molecule has 0 aliphatic rings. The molecule has 0 saturated carbocycles. The van der Waals surface area contributed by atoms with Gasteiger partial charge in [-0.15, -0.1) is 0 Å². The van der Waals surface area contributed by atoms with Crippen LogP contribution in [0.15, 0.2) is 22.8 Å². The van der Waals surface area contributed by atoms with Crippen molar-refractivity contribution in [2.24, 2.45) is 5.92 Å². The molecule has 0 aliphatic heterocycles.